The van der Waals surface area contributed by atoms with Crippen LogP contribution in [0.3, 0.4) is 0 Å². The minimum absolute atomic E-state index is 0.0658. The Labute approximate surface area is 160 Å². The molecule has 0 aromatic heterocycles. The average molecular weight is 369 g/mol. The second-order valence-corrected chi connectivity index (χ2v) is 7.31. The molecule has 0 saturated carbocycles. The normalized spacial score (nSPS) is 13.3. The zero-order chi connectivity index (χ0) is 20.0. The van der Waals surface area contributed by atoms with Gasteiger partial charge in [0.05, 0.1) is 5.92 Å². The fourth-order valence-electron chi connectivity index (χ4n) is 3.03. The van der Waals surface area contributed by atoms with E-state index < -0.39 is 23.9 Å². The van der Waals surface area contributed by atoms with Gasteiger partial charge in [-0.3, -0.25) is 9.59 Å². The summed E-state index contributed by atoms with van der Waals surface area (Å²) in [5, 5.41) is 21.9. The first-order valence-corrected chi connectivity index (χ1v) is 9.14. The van der Waals surface area contributed by atoms with E-state index in [4.69, 9.17) is 0 Å². The van der Waals surface area contributed by atoms with E-state index in [9.17, 15) is 19.8 Å². The summed E-state index contributed by atoms with van der Waals surface area (Å²) >= 11 is 0. The van der Waals surface area contributed by atoms with Crippen molar-refractivity contribution in [3.8, 4) is 11.1 Å². The Bertz CT molecular complexity index is 783. The fraction of sp³-hybridized carbons (Fsp3) is 0.364. The zero-order valence-electron chi connectivity index (χ0n) is 16.0. The van der Waals surface area contributed by atoms with E-state index >= 15 is 0 Å². The van der Waals surface area contributed by atoms with Gasteiger partial charge in [0, 0.05) is 6.54 Å². The number of carboxylic acids is 2. The first kappa shape index (κ1) is 20.6. The molecule has 2 aromatic rings. The highest BCUT2D eigenvalue weighted by Gasteiger charge is 2.24. The van der Waals surface area contributed by atoms with Crippen molar-refractivity contribution in [1.29, 1.82) is 0 Å². The number of carboxylic acid groups (broad SMARTS) is 2. The molecule has 0 saturated heterocycles. The van der Waals surface area contributed by atoms with Crippen LogP contribution >= 0.6 is 0 Å². The quantitative estimate of drug-likeness (QED) is 0.624. The van der Waals surface area contributed by atoms with E-state index in [2.05, 4.69) is 5.32 Å². The Kier molecular flexibility index (Phi) is 7.13. The Morgan fingerprint density at radius 3 is 2.19 bits per heavy atom. The molecule has 0 heterocycles. The second-order valence-electron chi connectivity index (χ2n) is 7.31. The van der Waals surface area contributed by atoms with Gasteiger partial charge in [-0.15, -0.1) is 0 Å². The second kappa shape index (κ2) is 9.33. The highest BCUT2D eigenvalue weighted by atomic mass is 16.4. The van der Waals surface area contributed by atoms with Crippen LogP contribution in [0, 0.1) is 12.8 Å². The van der Waals surface area contributed by atoms with Crippen molar-refractivity contribution in [1.82, 2.24) is 5.32 Å². The predicted octanol–water partition coefficient (Wildman–Crippen LogP) is 3.92. The van der Waals surface area contributed by atoms with Crippen molar-refractivity contribution in [3.63, 3.8) is 0 Å². The summed E-state index contributed by atoms with van der Waals surface area (Å²) in [5.41, 5.74) is 3.77. The molecule has 144 valence electrons. The molecule has 0 aliphatic carbocycles. The first-order chi connectivity index (χ1) is 12.8. The van der Waals surface area contributed by atoms with Crippen LogP contribution in [0.5, 0.6) is 0 Å². The van der Waals surface area contributed by atoms with Gasteiger partial charge in [-0.25, -0.2) is 0 Å². The molecule has 0 radical (unpaired) electrons. The van der Waals surface area contributed by atoms with Crippen molar-refractivity contribution in [2.75, 3.05) is 6.54 Å². The van der Waals surface area contributed by atoms with Crippen molar-refractivity contribution < 1.29 is 19.8 Å². The number of aryl methyl sites for hydroxylation is 1. The average Bonchev–Trinajstić information content (AvgIpc) is 2.61. The standard InChI is InChI=1S/C22H27NO4/c1-14(2)11-20(22(26)27)23-13-19(21(24)25)18-6-4-5-17(12-18)16-9-7-15(3)8-10-16/h4-10,12,14,19-20,23H,11,13H2,1-3H3,(H,24,25)(H,26,27). The third kappa shape index (κ3) is 5.93. The number of carbonyl (C=O) groups is 2. The van der Waals surface area contributed by atoms with E-state index in [0.717, 1.165) is 16.7 Å². The molecule has 0 aliphatic heterocycles. The van der Waals surface area contributed by atoms with E-state index in [1.807, 2.05) is 63.2 Å². The molecule has 5 heteroatoms. The lowest BCUT2D eigenvalue weighted by molar-refractivity contribution is -0.142. The van der Waals surface area contributed by atoms with Gasteiger partial charge in [-0.1, -0.05) is 67.9 Å². The highest BCUT2D eigenvalue weighted by molar-refractivity contribution is 5.78. The van der Waals surface area contributed by atoms with Gasteiger partial charge in [0.1, 0.15) is 6.04 Å². The Balaban J connectivity index is 2.21. The minimum atomic E-state index is -0.975. The molecular formula is C22H27NO4. The van der Waals surface area contributed by atoms with Crippen LogP contribution < -0.4 is 5.32 Å². The summed E-state index contributed by atoms with van der Waals surface area (Å²) in [4.78, 5) is 23.2. The molecule has 3 N–H and O–H groups in total. The molecule has 0 bridgehead atoms. The molecule has 0 amide bonds. The van der Waals surface area contributed by atoms with Gasteiger partial charge < -0.3 is 15.5 Å². The summed E-state index contributed by atoms with van der Waals surface area (Å²) in [6.07, 6.45) is 0.449. The number of aliphatic carboxylic acids is 2. The minimum Gasteiger partial charge on any atom is -0.481 e. The summed E-state index contributed by atoms with van der Waals surface area (Å²) in [6.45, 7) is 5.97. The lowest BCUT2D eigenvalue weighted by Crippen LogP contribution is -2.41. The topological polar surface area (TPSA) is 86.6 Å². The molecule has 0 spiro atoms. The number of hydrogen-bond acceptors (Lipinski definition) is 3. The van der Waals surface area contributed by atoms with Gasteiger partial charge in [-0.2, -0.15) is 0 Å². The third-order valence-electron chi connectivity index (χ3n) is 4.55. The fourth-order valence-corrected chi connectivity index (χ4v) is 3.03. The summed E-state index contributed by atoms with van der Waals surface area (Å²) in [6, 6.07) is 14.7. The Morgan fingerprint density at radius 2 is 1.63 bits per heavy atom. The lowest BCUT2D eigenvalue weighted by atomic mass is 9.94. The molecule has 0 aliphatic rings. The Morgan fingerprint density at radius 1 is 0.963 bits per heavy atom. The van der Waals surface area contributed by atoms with Crippen LogP contribution in [0.15, 0.2) is 48.5 Å². The molecule has 2 atom stereocenters. The SMILES string of the molecule is Cc1ccc(-c2cccc(C(CNC(CC(C)C)C(=O)O)C(=O)O)c2)cc1. The predicted molar refractivity (Wildman–Crippen MR) is 106 cm³/mol. The maximum atomic E-state index is 11.8. The van der Waals surface area contributed by atoms with Gasteiger partial charge in [-0.05, 0) is 36.0 Å². The molecular weight excluding hydrogens is 342 g/mol. The monoisotopic (exact) mass is 369 g/mol. The van der Waals surface area contributed by atoms with Crippen LogP contribution in [-0.4, -0.2) is 34.7 Å². The smallest absolute Gasteiger partial charge is 0.320 e. The lowest BCUT2D eigenvalue weighted by Gasteiger charge is -2.20. The van der Waals surface area contributed by atoms with E-state index in [1.54, 1.807) is 6.07 Å². The van der Waals surface area contributed by atoms with Crippen LogP contribution in [0.4, 0.5) is 0 Å². The van der Waals surface area contributed by atoms with Crippen molar-refractivity contribution in [2.24, 2.45) is 5.92 Å². The molecule has 2 unspecified atom stereocenters. The van der Waals surface area contributed by atoms with Gasteiger partial charge >= 0.3 is 11.9 Å². The number of hydrogen-bond donors (Lipinski definition) is 3. The molecule has 0 fully saturated rings. The zero-order valence-corrected chi connectivity index (χ0v) is 16.0. The highest BCUT2D eigenvalue weighted by Crippen LogP contribution is 2.25. The van der Waals surface area contributed by atoms with E-state index in [1.165, 1.54) is 0 Å². The van der Waals surface area contributed by atoms with Gasteiger partial charge in [0.25, 0.3) is 0 Å². The summed E-state index contributed by atoms with van der Waals surface area (Å²) in [5.74, 6) is -2.55. The van der Waals surface area contributed by atoms with Crippen molar-refractivity contribution >= 4 is 11.9 Å². The number of rotatable bonds is 9. The summed E-state index contributed by atoms with van der Waals surface area (Å²) < 4.78 is 0. The third-order valence-corrected chi connectivity index (χ3v) is 4.55. The Hall–Kier alpha value is -2.66. The van der Waals surface area contributed by atoms with Crippen molar-refractivity contribution in [3.05, 3.63) is 59.7 Å². The first-order valence-electron chi connectivity index (χ1n) is 9.14. The van der Waals surface area contributed by atoms with Crippen LogP contribution in [-0.2, 0) is 9.59 Å². The largest absolute Gasteiger partial charge is 0.481 e. The van der Waals surface area contributed by atoms with E-state index in [0.29, 0.717) is 12.0 Å². The number of nitrogens with one attached hydrogen (secondary N) is 1. The van der Waals surface area contributed by atoms with Gasteiger partial charge in [0.15, 0.2) is 0 Å². The van der Waals surface area contributed by atoms with Crippen LogP contribution in [0.1, 0.15) is 37.3 Å². The molecule has 2 aromatic carbocycles. The van der Waals surface area contributed by atoms with Gasteiger partial charge in [0.2, 0.25) is 0 Å². The molecule has 5 nitrogen and oxygen atoms in total. The van der Waals surface area contributed by atoms with Crippen LogP contribution in [0.25, 0.3) is 11.1 Å². The van der Waals surface area contributed by atoms with Crippen molar-refractivity contribution in [2.45, 2.75) is 39.2 Å². The van der Waals surface area contributed by atoms with E-state index in [-0.39, 0.29) is 12.5 Å². The summed E-state index contributed by atoms with van der Waals surface area (Å²) in [7, 11) is 0. The maximum Gasteiger partial charge on any atom is 0.320 e. The molecule has 27 heavy (non-hydrogen) atoms. The van der Waals surface area contributed by atoms with Crippen LogP contribution in [0.2, 0.25) is 0 Å². The maximum absolute atomic E-state index is 11.8. The molecule has 2 rings (SSSR count). The number of benzene rings is 2.